The highest BCUT2D eigenvalue weighted by molar-refractivity contribution is 6.41. The molecule has 0 saturated heterocycles. The Morgan fingerprint density at radius 2 is 1.96 bits per heavy atom. The van der Waals surface area contributed by atoms with Gasteiger partial charge in [-0.25, -0.2) is 23.2 Å². The van der Waals surface area contributed by atoms with Gasteiger partial charge < -0.3 is 10.5 Å². The molecular weight excluding hydrogens is 403 g/mol. The fourth-order valence-electron chi connectivity index (χ4n) is 2.30. The summed E-state index contributed by atoms with van der Waals surface area (Å²) in [6, 6.07) is 3.10. The Kier molecular flexibility index (Phi) is 5.24. The van der Waals surface area contributed by atoms with E-state index in [2.05, 4.69) is 15.3 Å². The SMILES string of the molecule is CCOC(=O)/C(=C(\N)c1cnc(Cl)c(Cl)c1)n1nnc2cc(F)c(F)cc21. The molecule has 0 amide bonds. The van der Waals surface area contributed by atoms with Crippen LogP contribution in [0.25, 0.3) is 22.4 Å². The number of esters is 1. The Hall–Kier alpha value is -2.78. The van der Waals surface area contributed by atoms with Crippen molar-refractivity contribution in [1.82, 2.24) is 20.0 Å². The number of rotatable bonds is 4. The smallest absolute Gasteiger partial charge is 0.359 e. The normalized spacial score (nSPS) is 12.2. The minimum absolute atomic E-state index is 0.0212. The molecule has 140 valence electrons. The summed E-state index contributed by atoms with van der Waals surface area (Å²) in [7, 11) is 0. The standard InChI is InChI=1S/C16H11Cl2F2N5O2/c1-2-27-16(26)14(13(21)7-3-8(17)15(18)22-6-7)25-12-5-10(20)9(19)4-11(12)23-24-25/h3-6H,2,21H2,1H3/b14-13+. The molecule has 0 atom stereocenters. The van der Waals surface area contributed by atoms with Crippen LogP contribution in [0.2, 0.25) is 10.2 Å². The van der Waals surface area contributed by atoms with Crippen molar-refractivity contribution in [1.29, 1.82) is 0 Å². The lowest BCUT2D eigenvalue weighted by Crippen LogP contribution is -2.18. The lowest BCUT2D eigenvalue weighted by molar-refractivity contribution is -0.136. The third-order valence-electron chi connectivity index (χ3n) is 3.53. The molecule has 7 nitrogen and oxygen atoms in total. The van der Waals surface area contributed by atoms with Crippen LogP contribution in [0.4, 0.5) is 8.78 Å². The van der Waals surface area contributed by atoms with Crippen molar-refractivity contribution in [2.75, 3.05) is 6.61 Å². The molecule has 0 aliphatic heterocycles. The quantitative estimate of drug-likeness (QED) is 0.400. The van der Waals surface area contributed by atoms with Crippen molar-refractivity contribution in [2.24, 2.45) is 5.73 Å². The molecule has 0 radical (unpaired) electrons. The molecule has 2 aromatic heterocycles. The number of hydrogen-bond acceptors (Lipinski definition) is 6. The van der Waals surface area contributed by atoms with Gasteiger partial charge >= 0.3 is 5.97 Å². The zero-order chi connectivity index (χ0) is 19.7. The Bertz CT molecular complexity index is 1080. The molecule has 0 bridgehead atoms. The first kappa shape index (κ1) is 19.0. The maximum absolute atomic E-state index is 13.7. The Labute approximate surface area is 161 Å². The number of ether oxygens (including phenoxy) is 1. The Balaban J connectivity index is 2.27. The van der Waals surface area contributed by atoms with E-state index in [1.807, 2.05) is 0 Å². The van der Waals surface area contributed by atoms with Crippen LogP contribution in [0.3, 0.4) is 0 Å². The van der Waals surface area contributed by atoms with Crippen molar-refractivity contribution in [2.45, 2.75) is 6.92 Å². The maximum Gasteiger partial charge on any atom is 0.359 e. The summed E-state index contributed by atoms with van der Waals surface area (Å²) in [4.78, 5) is 16.4. The van der Waals surface area contributed by atoms with E-state index in [-0.39, 0.29) is 44.8 Å². The lowest BCUT2D eigenvalue weighted by Gasteiger charge is -2.12. The van der Waals surface area contributed by atoms with Crippen molar-refractivity contribution in [3.63, 3.8) is 0 Å². The van der Waals surface area contributed by atoms with Crippen molar-refractivity contribution in [3.05, 3.63) is 51.8 Å². The molecule has 3 rings (SSSR count). The van der Waals surface area contributed by atoms with Crippen LogP contribution in [0.1, 0.15) is 12.5 Å². The van der Waals surface area contributed by atoms with Gasteiger partial charge in [0.15, 0.2) is 17.3 Å². The zero-order valence-electron chi connectivity index (χ0n) is 13.7. The number of hydrogen-bond donors (Lipinski definition) is 1. The predicted octanol–water partition coefficient (Wildman–Crippen LogP) is 3.26. The second-order valence-electron chi connectivity index (χ2n) is 5.24. The zero-order valence-corrected chi connectivity index (χ0v) is 15.2. The molecule has 11 heteroatoms. The number of nitrogens with zero attached hydrogens (tertiary/aromatic N) is 4. The topological polar surface area (TPSA) is 95.9 Å². The van der Waals surface area contributed by atoms with Gasteiger partial charge in [0.25, 0.3) is 0 Å². The van der Waals surface area contributed by atoms with E-state index in [0.29, 0.717) is 0 Å². The van der Waals surface area contributed by atoms with Crippen LogP contribution in [0, 0.1) is 11.6 Å². The van der Waals surface area contributed by atoms with Gasteiger partial charge in [0, 0.05) is 23.9 Å². The van der Waals surface area contributed by atoms with Crippen molar-refractivity contribution < 1.29 is 18.3 Å². The van der Waals surface area contributed by atoms with E-state index < -0.39 is 17.6 Å². The van der Waals surface area contributed by atoms with Crippen LogP contribution >= 0.6 is 23.2 Å². The number of carbonyl (C=O) groups excluding carboxylic acids is 1. The summed E-state index contributed by atoms with van der Waals surface area (Å²) in [5.74, 6) is -3.08. The summed E-state index contributed by atoms with van der Waals surface area (Å²) in [6.45, 7) is 1.64. The molecule has 2 N–H and O–H groups in total. The average Bonchev–Trinajstić information content (AvgIpc) is 3.00. The molecule has 2 heterocycles. The van der Waals surface area contributed by atoms with E-state index in [1.165, 1.54) is 12.3 Å². The fraction of sp³-hybridized carbons (Fsp3) is 0.125. The van der Waals surface area contributed by atoms with E-state index >= 15 is 0 Å². The molecular formula is C16H11Cl2F2N5O2. The van der Waals surface area contributed by atoms with Gasteiger partial charge in [-0.2, -0.15) is 0 Å². The van der Waals surface area contributed by atoms with Gasteiger partial charge in [-0.15, -0.1) is 5.10 Å². The molecule has 1 aromatic carbocycles. The summed E-state index contributed by atoms with van der Waals surface area (Å²) < 4.78 is 33.1. The first-order chi connectivity index (χ1) is 12.8. The van der Waals surface area contributed by atoms with Gasteiger partial charge in [-0.05, 0) is 13.0 Å². The summed E-state index contributed by atoms with van der Waals surface area (Å²) in [6.07, 6.45) is 1.29. The van der Waals surface area contributed by atoms with Crippen LogP contribution in [0.15, 0.2) is 24.4 Å². The molecule has 0 spiro atoms. The monoisotopic (exact) mass is 413 g/mol. The minimum Gasteiger partial charge on any atom is -0.461 e. The first-order valence-electron chi connectivity index (χ1n) is 7.52. The number of benzene rings is 1. The number of halogens is 4. The Morgan fingerprint density at radius 3 is 2.63 bits per heavy atom. The van der Waals surface area contributed by atoms with Gasteiger partial charge in [-0.1, -0.05) is 28.4 Å². The van der Waals surface area contributed by atoms with Gasteiger partial charge in [-0.3, -0.25) is 0 Å². The predicted molar refractivity (Wildman–Crippen MR) is 95.6 cm³/mol. The number of carbonyl (C=O) groups is 1. The Morgan fingerprint density at radius 1 is 1.26 bits per heavy atom. The van der Waals surface area contributed by atoms with E-state index in [0.717, 1.165) is 16.8 Å². The molecule has 27 heavy (non-hydrogen) atoms. The summed E-state index contributed by atoms with van der Waals surface area (Å²) in [5.41, 5.74) is 6.04. The largest absolute Gasteiger partial charge is 0.461 e. The van der Waals surface area contributed by atoms with Crippen LogP contribution < -0.4 is 5.73 Å². The second-order valence-corrected chi connectivity index (χ2v) is 6.00. The minimum atomic E-state index is -1.14. The number of pyridine rings is 1. The van der Waals surface area contributed by atoms with E-state index in [4.69, 9.17) is 33.7 Å². The van der Waals surface area contributed by atoms with E-state index in [1.54, 1.807) is 6.92 Å². The molecule has 0 aliphatic rings. The maximum atomic E-state index is 13.7. The van der Waals surface area contributed by atoms with Gasteiger partial charge in [0.05, 0.1) is 22.8 Å². The van der Waals surface area contributed by atoms with Crippen LogP contribution in [0.5, 0.6) is 0 Å². The lowest BCUT2D eigenvalue weighted by atomic mass is 10.1. The molecule has 3 aromatic rings. The van der Waals surface area contributed by atoms with Crippen molar-refractivity contribution >= 4 is 51.6 Å². The van der Waals surface area contributed by atoms with Crippen LogP contribution in [-0.4, -0.2) is 32.6 Å². The fourth-order valence-corrected chi connectivity index (χ4v) is 2.57. The highest BCUT2D eigenvalue weighted by atomic mass is 35.5. The second kappa shape index (κ2) is 7.45. The number of nitrogens with two attached hydrogens (primary N) is 1. The first-order valence-corrected chi connectivity index (χ1v) is 8.28. The average molecular weight is 414 g/mol. The molecule has 0 aliphatic carbocycles. The molecule has 0 unspecified atom stereocenters. The number of fused-ring (bicyclic) bond motifs is 1. The van der Waals surface area contributed by atoms with Gasteiger partial charge in [0.2, 0.25) is 0 Å². The number of aromatic nitrogens is 4. The molecule has 0 fully saturated rings. The van der Waals surface area contributed by atoms with E-state index in [9.17, 15) is 13.6 Å². The summed E-state index contributed by atoms with van der Waals surface area (Å²) in [5, 5.41) is 7.68. The van der Waals surface area contributed by atoms with Gasteiger partial charge in [0.1, 0.15) is 10.7 Å². The third kappa shape index (κ3) is 3.56. The molecule has 0 saturated carbocycles. The highest BCUT2D eigenvalue weighted by Crippen LogP contribution is 2.27. The highest BCUT2D eigenvalue weighted by Gasteiger charge is 2.24. The van der Waals surface area contributed by atoms with Crippen molar-refractivity contribution in [3.8, 4) is 0 Å². The summed E-state index contributed by atoms with van der Waals surface area (Å²) >= 11 is 11.7. The van der Waals surface area contributed by atoms with Crippen LogP contribution in [-0.2, 0) is 9.53 Å². The third-order valence-corrected chi connectivity index (χ3v) is 4.22.